The molecule has 0 aliphatic rings. The summed E-state index contributed by atoms with van der Waals surface area (Å²) in [7, 11) is 0. The third-order valence-corrected chi connectivity index (χ3v) is 5.26. The lowest BCUT2D eigenvalue weighted by Crippen LogP contribution is -2.33. The molecule has 0 saturated carbocycles. The van der Waals surface area contributed by atoms with Gasteiger partial charge in [-0.25, -0.2) is 18.6 Å². The first-order valence-electron chi connectivity index (χ1n) is 10.5. The summed E-state index contributed by atoms with van der Waals surface area (Å²) in [4.78, 5) is 33.1. The Kier molecular flexibility index (Phi) is 7.96. The summed E-state index contributed by atoms with van der Waals surface area (Å²) in [6, 6.07) is 2.05. The van der Waals surface area contributed by atoms with E-state index >= 15 is 4.39 Å². The van der Waals surface area contributed by atoms with Crippen LogP contribution >= 0.6 is 11.6 Å². The lowest BCUT2D eigenvalue weighted by molar-refractivity contribution is -0.190. The lowest BCUT2D eigenvalue weighted by Gasteiger charge is -2.19. The van der Waals surface area contributed by atoms with Gasteiger partial charge in [0.2, 0.25) is 5.88 Å². The van der Waals surface area contributed by atoms with Crippen LogP contribution in [0.5, 0.6) is 5.88 Å². The van der Waals surface area contributed by atoms with E-state index in [9.17, 15) is 27.2 Å². The summed E-state index contributed by atoms with van der Waals surface area (Å²) in [6.45, 7) is 2.83. The van der Waals surface area contributed by atoms with Gasteiger partial charge in [-0.3, -0.25) is 9.36 Å². The van der Waals surface area contributed by atoms with Gasteiger partial charge < -0.3 is 10.1 Å². The maximum absolute atomic E-state index is 15.1. The number of amides is 1. The Morgan fingerprint density at radius 3 is 2.61 bits per heavy atom. The normalized spacial score (nSPS) is 12.5. The Labute approximate surface area is 205 Å². The number of hydrogen-bond donors (Lipinski definition) is 1. The van der Waals surface area contributed by atoms with E-state index in [2.05, 4.69) is 20.4 Å². The molecule has 3 heterocycles. The first-order valence-corrected chi connectivity index (χ1v) is 10.9. The van der Waals surface area contributed by atoms with Crippen molar-refractivity contribution < 1.29 is 31.5 Å². The van der Waals surface area contributed by atoms with Crippen molar-refractivity contribution in [2.45, 2.75) is 52.7 Å². The fourth-order valence-corrected chi connectivity index (χ4v) is 3.33. The van der Waals surface area contributed by atoms with Crippen LogP contribution in [0.2, 0.25) is 5.15 Å². The van der Waals surface area contributed by atoms with Crippen molar-refractivity contribution in [2.75, 3.05) is 5.32 Å². The number of nitrogens with zero attached hydrogens (tertiary/aromatic N) is 5. The molecule has 3 aromatic heterocycles. The number of rotatable bonds is 8. The molecular weight excluding hydrogens is 515 g/mol. The highest BCUT2D eigenvalue weighted by Crippen LogP contribution is 2.30. The Morgan fingerprint density at radius 1 is 1.33 bits per heavy atom. The van der Waals surface area contributed by atoms with Gasteiger partial charge in [-0.1, -0.05) is 18.5 Å². The number of pyridine rings is 2. The largest absolute Gasteiger partial charge is 0.464 e. The van der Waals surface area contributed by atoms with Crippen LogP contribution in [0.25, 0.3) is 5.82 Å². The molecule has 194 valence electrons. The topological polar surface area (TPSA) is 104 Å². The SMILES string of the molecule is CCCn1c(CF)nn(-c2nc(OC(C)C(F)(F)F)c(C(=O)Nc3c(C)ccnc3Cl)cc2F)c1=O. The van der Waals surface area contributed by atoms with Gasteiger partial charge in [-0.05, 0) is 38.0 Å². The number of halogens is 6. The Hall–Kier alpha value is -3.55. The van der Waals surface area contributed by atoms with E-state index in [4.69, 9.17) is 16.3 Å². The van der Waals surface area contributed by atoms with E-state index in [1.54, 1.807) is 13.8 Å². The second kappa shape index (κ2) is 10.6. The van der Waals surface area contributed by atoms with Crippen molar-refractivity contribution in [2.24, 2.45) is 0 Å². The first kappa shape index (κ1) is 27.0. The third kappa shape index (κ3) is 5.48. The number of hydrogen-bond acceptors (Lipinski definition) is 6. The predicted octanol–water partition coefficient (Wildman–Crippen LogP) is 4.39. The second-order valence-corrected chi connectivity index (χ2v) is 7.95. The average Bonchev–Trinajstić information content (AvgIpc) is 3.12. The van der Waals surface area contributed by atoms with Gasteiger partial charge in [0, 0.05) is 12.7 Å². The van der Waals surface area contributed by atoms with E-state index in [0.29, 0.717) is 29.7 Å². The summed E-state index contributed by atoms with van der Waals surface area (Å²) >= 11 is 5.98. The van der Waals surface area contributed by atoms with Crippen LogP contribution in [0.3, 0.4) is 0 Å². The maximum atomic E-state index is 15.1. The molecule has 9 nitrogen and oxygen atoms in total. The number of carbonyl (C=O) groups is 1. The van der Waals surface area contributed by atoms with Crippen molar-refractivity contribution in [3.05, 3.63) is 56.7 Å². The van der Waals surface area contributed by atoms with E-state index < -0.39 is 53.6 Å². The van der Waals surface area contributed by atoms with E-state index in [1.165, 1.54) is 12.3 Å². The van der Waals surface area contributed by atoms with Gasteiger partial charge in [-0.2, -0.15) is 22.8 Å². The standard InChI is InChI=1S/C21H20ClF5N6O3/c1-4-7-32-14(9-23)31-33(20(32)35)17-13(24)8-12(19(30-17)36-11(3)21(25,26)27)18(34)29-15-10(2)5-6-28-16(15)22/h5-6,8,11H,4,7,9H2,1-3H3,(H,29,34). The number of aromatic nitrogens is 5. The molecule has 0 spiro atoms. The number of anilines is 1. The monoisotopic (exact) mass is 534 g/mol. The minimum atomic E-state index is -4.87. The zero-order valence-corrected chi connectivity index (χ0v) is 19.9. The van der Waals surface area contributed by atoms with Gasteiger partial charge in [0.05, 0.1) is 5.69 Å². The second-order valence-electron chi connectivity index (χ2n) is 7.59. The molecule has 1 amide bonds. The van der Waals surface area contributed by atoms with Crippen LogP contribution < -0.4 is 15.7 Å². The molecule has 0 aliphatic heterocycles. The summed E-state index contributed by atoms with van der Waals surface area (Å²) in [6.07, 6.45) is -5.55. The smallest absolute Gasteiger partial charge is 0.425 e. The Balaban J connectivity index is 2.16. The molecule has 36 heavy (non-hydrogen) atoms. The molecule has 3 rings (SSSR count). The summed E-state index contributed by atoms with van der Waals surface area (Å²) in [5.41, 5.74) is -1.20. The summed E-state index contributed by atoms with van der Waals surface area (Å²) < 4.78 is 74.3. The van der Waals surface area contributed by atoms with E-state index in [0.717, 1.165) is 4.57 Å². The quantitative estimate of drug-likeness (QED) is 0.340. The number of carbonyl (C=O) groups excluding carboxylic acids is 1. The van der Waals surface area contributed by atoms with Gasteiger partial charge in [0.25, 0.3) is 5.91 Å². The molecule has 15 heteroatoms. The molecule has 0 radical (unpaired) electrons. The molecule has 0 aliphatic carbocycles. The van der Waals surface area contributed by atoms with Gasteiger partial charge in [0.1, 0.15) is 12.2 Å². The summed E-state index contributed by atoms with van der Waals surface area (Å²) in [5.74, 6) is -4.55. The maximum Gasteiger partial charge on any atom is 0.425 e. The number of aryl methyl sites for hydroxylation is 1. The molecule has 0 bridgehead atoms. The van der Waals surface area contributed by atoms with Crippen molar-refractivity contribution in [1.29, 1.82) is 0 Å². The lowest BCUT2D eigenvalue weighted by atomic mass is 10.2. The van der Waals surface area contributed by atoms with Crippen LogP contribution in [0.1, 0.15) is 42.0 Å². The van der Waals surface area contributed by atoms with Gasteiger partial charge in [0.15, 0.2) is 28.7 Å². The van der Waals surface area contributed by atoms with Crippen molar-refractivity contribution >= 4 is 23.2 Å². The minimum Gasteiger partial charge on any atom is -0.464 e. The fourth-order valence-electron chi connectivity index (χ4n) is 3.08. The number of ether oxygens (including phenoxy) is 1. The molecule has 1 unspecified atom stereocenters. The number of alkyl halides is 4. The van der Waals surface area contributed by atoms with Crippen LogP contribution in [-0.4, -0.2) is 42.5 Å². The Bertz CT molecular complexity index is 1320. The van der Waals surface area contributed by atoms with Crippen LogP contribution in [-0.2, 0) is 13.2 Å². The molecule has 0 aromatic carbocycles. The molecule has 0 saturated heterocycles. The number of nitrogens with one attached hydrogen (secondary N) is 1. The third-order valence-electron chi connectivity index (χ3n) is 4.97. The fraction of sp³-hybridized carbons (Fsp3) is 0.381. The van der Waals surface area contributed by atoms with Gasteiger partial charge >= 0.3 is 11.9 Å². The molecular formula is C21H20ClF5N6O3. The molecule has 0 fully saturated rings. The zero-order valence-electron chi connectivity index (χ0n) is 19.2. The van der Waals surface area contributed by atoms with Crippen molar-refractivity contribution in [3.63, 3.8) is 0 Å². The zero-order chi connectivity index (χ0) is 26.8. The van der Waals surface area contributed by atoms with Crippen LogP contribution in [0.15, 0.2) is 23.1 Å². The highest BCUT2D eigenvalue weighted by molar-refractivity contribution is 6.32. The van der Waals surface area contributed by atoms with Gasteiger partial charge in [-0.15, -0.1) is 5.10 Å². The summed E-state index contributed by atoms with van der Waals surface area (Å²) in [5, 5.41) is 5.92. The highest BCUT2D eigenvalue weighted by atomic mass is 35.5. The highest BCUT2D eigenvalue weighted by Gasteiger charge is 2.39. The first-order chi connectivity index (χ1) is 16.9. The van der Waals surface area contributed by atoms with Crippen molar-refractivity contribution in [3.8, 4) is 11.7 Å². The average molecular weight is 535 g/mol. The molecule has 1 atom stereocenters. The van der Waals surface area contributed by atoms with Crippen LogP contribution in [0, 0.1) is 12.7 Å². The Morgan fingerprint density at radius 2 is 2.03 bits per heavy atom. The van der Waals surface area contributed by atoms with E-state index in [1.807, 2.05) is 0 Å². The van der Waals surface area contributed by atoms with Crippen LogP contribution in [0.4, 0.5) is 27.6 Å². The van der Waals surface area contributed by atoms with Crippen molar-refractivity contribution in [1.82, 2.24) is 24.3 Å². The molecule has 1 N–H and O–H groups in total. The predicted molar refractivity (Wildman–Crippen MR) is 119 cm³/mol. The molecule has 3 aromatic rings. The van der Waals surface area contributed by atoms with E-state index in [-0.39, 0.29) is 23.2 Å². The minimum absolute atomic E-state index is 0.0330.